The minimum Gasteiger partial charge on any atom is -0.296 e. The summed E-state index contributed by atoms with van der Waals surface area (Å²) in [6, 6.07) is 13.7. The number of benzene rings is 2. The van der Waals surface area contributed by atoms with E-state index in [9.17, 15) is 4.79 Å². The van der Waals surface area contributed by atoms with Crippen molar-refractivity contribution in [2.75, 3.05) is 0 Å². The summed E-state index contributed by atoms with van der Waals surface area (Å²) in [4.78, 5) is 16.7. The number of hydrogen-bond acceptors (Lipinski definition) is 2. The number of rotatable bonds is 0. The molecule has 4 heteroatoms. The van der Waals surface area contributed by atoms with Crippen LogP contribution in [0.4, 0.5) is 0 Å². The lowest BCUT2D eigenvalue weighted by Gasteiger charge is -2.18. The second kappa shape index (κ2) is 3.95. The second-order valence-electron chi connectivity index (χ2n) is 5.85. The lowest BCUT2D eigenvalue weighted by Crippen LogP contribution is -2.24. The molecule has 0 N–H and O–H groups in total. The fraction of sp³-hybridized carbons (Fsp3) is 0.176. The summed E-state index contributed by atoms with van der Waals surface area (Å²) in [5.74, 6) is 0.767. The van der Waals surface area contributed by atoms with Crippen molar-refractivity contribution in [3.8, 4) is 5.69 Å². The summed E-state index contributed by atoms with van der Waals surface area (Å²) in [7, 11) is 0. The van der Waals surface area contributed by atoms with E-state index < -0.39 is 0 Å². The Kier molecular flexibility index (Phi) is 2.37. The summed E-state index contributed by atoms with van der Waals surface area (Å²) in [6.45, 7) is 4.18. The molecule has 3 aromatic rings. The Labute approximate surface area is 126 Å². The van der Waals surface area contributed by atoms with Crippen molar-refractivity contribution in [2.24, 2.45) is 0 Å². The third kappa shape index (κ3) is 1.49. The molecule has 0 aliphatic carbocycles. The molecule has 4 rings (SSSR count). The lowest BCUT2D eigenvalue weighted by molar-refractivity contribution is 0.610. The molecule has 21 heavy (non-hydrogen) atoms. The molecule has 104 valence electrons. The van der Waals surface area contributed by atoms with Gasteiger partial charge in [0.15, 0.2) is 0 Å². The molecule has 0 fully saturated rings. The van der Waals surface area contributed by atoms with Gasteiger partial charge in [-0.05, 0) is 37.6 Å². The third-order valence-corrected chi connectivity index (χ3v) is 4.56. The average Bonchev–Trinajstić information content (AvgIpc) is 2.68. The number of fused-ring (bicyclic) bond motifs is 5. The van der Waals surface area contributed by atoms with Gasteiger partial charge < -0.3 is 0 Å². The second-order valence-corrected chi connectivity index (χ2v) is 6.26. The van der Waals surface area contributed by atoms with Crippen molar-refractivity contribution in [1.29, 1.82) is 0 Å². The summed E-state index contributed by atoms with van der Waals surface area (Å²) < 4.78 is 2.05. The predicted molar refractivity (Wildman–Crippen MR) is 84.5 cm³/mol. The number of nitrogens with zero attached hydrogens (tertiary/aromatic N) is 2. The maximum absolute atomic E-state index is 12.4. The van der Waals surface area contributed by atoms with Gasteiger partial charge in [0.1, 0.15) is 5.82 Å². The van der Waals surface area contributed by atoms with Crippen molar-refractivity contribution in [1.82, 2.24) is 9.55 Å². The highest BCUT2D eigenvalue weighted by Gasteiger charge is 2.38. The first-order valence-electron chi connectivity index (χ1n) is 6.83. The summed E-state index contributed by atoms with van der Waals surface area (Å²) >= 11 is 6.21. The molecule has 0 saturated heterocycles. The van der Waals surface area contributed by atoms with Gasteiger partial charge in [-0.15, -0.1) is 0 Å². The topological polar surface area (TPSA) is 34.9 Å². The normalized spacial score (nSPS) is 15.0. The van der Waals surface area contributed by atoms with Crippen LogP contribution in [0.2, 0.25) is 5.02 Å². The molecule has 2 aromatic carbocycles. The van der Waals surface area contributed by atoms with E-state index in [0.717, 1.165) is 17.0 Å². The number of aromatic nitrogens is 2. The first-order valence-corrected chi connectivity index (χ1v) is 7.21. The Bertz CT molecular complexity index is 957. The first-order chi connectivity index (χ1) is 10.0. The van der Waals surface area contributed by atoms with Crippen molar-refractivity contribution >= 4 is 22.5 Å². The fourth-order valence-corrected chi connectivity index (χ4v) is 3.46. The van der Waals surface area contributed by atoms with Gasteiger partial charge in [0.05, 0.1) is 27.0 Å². The van der Waals surface area contributed by atoms with Crippen LogP contribution < -0.4 is 5.56 Å². The van der Waals surface area contributed by atoms with E-state index in [1.165, 1.54) is 5.56 Å². The van der Waals surface area contributed by atoms with Gasteiger partial charge in [0.2, 0.25) is 0 Å². The minimum atomic E-state index is -0.299. The molecular formula is C17H13ClN2O. The largest absolute Gasteiger partial charge is 0.296 e. The van der Waals surface area contributed by atoms with E-state index in [-0.39, 0.29) is 11.0 Å². The highest BCUT2D eigenvalue weighted by molar-refractivity contribution is 6.35. The number of hydrogen-bond donors (Lipinski definition) is 0. The molecule has 0 unspecified atom stereocenters. The molecule has 0 atom stereocenters. The van der Waals surface area contributed by atoms with Gasteiger partial charge in [-0.3, -0.25) is 9.36 Å². The Morgan fingerprint density at radius 2 is 1.86 bits per heavy atom. The molecule has 1 aliphatic heterocycles. The predicted octanol–water partition coefficient (Wildman–Crippen LogP) is 3.68. The van der Waals surface area contributed by atoms with Crippen LogP contribution in [0.5, 0.6) is 0 Å². The fourth-order valence-electron chi connectivity index (χ4n) is 3.21. The zero-order chi connectivity index (χ0) is 14.8. The molecule has 0 bridgehead atoms. The minimum absolute atomic E-state index is 0.261. The smallest absolute Gasteiger partial charge is 0.282 e. The van der Waals surface area contributed by atoms with E-state index in [2.05, 4.69) is 35.5 Å². The zero-order valence-corrected chi connectivity index (χ0v) is 12.5. The van der Waals surface area contributed by atoms with Crippen LogP contribution in [0.3, 0.4) is 0 Å². The lowest BCUT2D eigenvalue weighted by atomic mass is 9.85. The molecule has 3 nitrogen and oxygen atoms in total. The number of para-hydroxylation sites is 1. The van der Waals surface area contributed by atoms with Crippen LogP contribution in [0.15, 0.2) is 47.3 Å². The van der Waals surface area contributed by atoms with Crippen LogP contribution in [-0.2, 0) is 5.41 Å². The van der Waals surface area contributed by atoms with Crippen LogP contribution >= 0.6 is 11.6 Å². The first kappa shape index (κ1) is 12.6. The molecule has 0 saturated carbocycles. The Morgan fingerprint density at radius 1 is 1.10 bits per heavy atom. The van der Waals surface area contributed by atoms with Crippen LogP contribution in [0.25, 0.3) is 16.6 Å². The van der Waals surface area contributed by atoms with Gasteiger partial charge in [-0.2, -0.15) is 4.98 Å². The van der Waals surface area contributed by atoms with Crippen molar-refractivity contribution < 1.29 is 0 Å². The quantitative estimate of drug-likeness (QED) is 0.634. The Morgan fingerprint density at radius 3 is 2.67 bits per heavy atom. The Hall–Kier alpha value is -2.13. The summed E-state index contributed by atoms with van der Waals surface area (Å²) in [5, 5.41) is 0.929. The zero-order valence-electron chi connectivity index (χ0n) is 11.7. The van der Waals surface area contributed by atoms with E-state index in [4.69, 9.17) is 11.6 Å². The molecule has 1 aliphatic rings. The van der Waals surface area contributed by atoms with Crippen molar-refractivity contribution in [3.05, 3.63) is 69.2 Å². The highest BCUT2D eigenvalue weighted by atomic mass is 35.5. The average molecular weight is 297 g/mol. The van der Waals surface area contributed by atoms with Crippen LogP contribution in [-0.4, -0.2) is 9.55 Å². The van der Waals surface area contributed by atoms with Gasteiger partial charge in [0.25, 0.3) is 5.56 Å². The molecular weight excluding hydrogens is 284 g/mol. The van der Waals surface area contributed by atoms with E-state index >= 15 is 0 Å². The van der Waals surface area contributed by atoms with E-state index in [1.807, 2.05) is 24.3 Å². The monoisotopic (exact) mass is 296 g/mol. The van der Waals surface area contributed by atoms with Gasteiger partial charge in [-0.1, -0.05) is 35.9 Å². The van der Waals surface area contributed by atoms with E-state index in [0.29, 0.717) is 10.4 Å². The summed E-state index contributed by atoms with van der Waals surface area (Å²) in [6.07, 6.45) is 0. The van der Waals surface area contributed by atoms with Gasteiger partial charge in [0, 0.05) is 0 Å². The molecule has 0 amide bonds. The van der Waals surface area contributed by atoms with Crippen LogP contribution in [0, 0.1) is 0 Å². The van der Waals surface area contributed by atoms with Gasteiger partial charge >= 0.3 is 0 Å². The summed E-state index contributed by atoms with van der Waals surface area (Å²) in [5.41, 5.74) is 2.49. The SMILES string of the molecule is CC1(C)c2ccccc2-n2c1nc(=O)c1c(Cl)cccc12. The van der Waals surface area contributed by atoms with Crippen molar-refractivity contribution in [2.45, 2.75) is 19.3 Å². The van der Waals surface area contributed by atoms with E-state index in [1.54, 1.807) is 6.07 Å². The van der Waals surface area contributed by atoms with Crippen LogP contribution in [0.1, 0.15) is 25.2 Å². The molecule has 0 radical (unpaired) electrons. The standard InChI is InChI=1S/C17H13ClN2O/c1-17(2)10-6-3-4-8-12(10)20-13-9-5-7-11(18)14(13)15(21)19-16(17)20/h3-9H,1-2H3. The highest BCUT2D eigenvalue weighted by Crippen LogP contribution is 2.42. The number of halogens is 1. The maximum Gasteiger partial charge on any atom is 0.282 e. The van der Waals surface area contributed by atoms with Crippen molar-refractivity contribution in [3.63, 3.8) is 0 Å². The van der Waals surface area contributed by atoms with Gasteiger partial charge in [-0.25, -0.2) is 0 Å². The molecule has 1 aromatic heterocycles. The molecule has 0 spiro atoms. The maximum atomic E-state index is 12.4. The third-order valence-electron chi connectivity index (χ3n) is 4.24. The molecule has 2 heterocycles. The Balaban J connectivity index is 2.29.